The molecule has 1 atom stereocenters. The Morgan fingerprint density at radius 2 is 1.97 bits per heavy atom. The topological polar surface area (TPSA) is 52.7 Å². The average Bonchev–Trinajstić information content (AvgIpc) is 2.71. The number of carbonyl (C=O) groups excluding carboxylic acids is 2. The van der Waals surface area contributed by atoms with E-state index in [1.54, 1.807) is 22.9 Å². The van der Waals surface area contributed by atoms with Gasteiger partial charge in [-0.2, -0.15) is 0 Å². The molecular formula is C22H25Cl2N3O2. The summed E-state index contributed by atoms with van der Waals surface area (Å²) in [5, 5.41) is 3.87. The number of halogens is 2. The Hall–Kier alpha value is -2.24. The van der Waals surface area contributed by atoms with Crippen molar-refractivity contribution in [1.29, 1.82) is 0 Å². The molecule has 3 amide bonds. The maximum absolute atomic E-state index is 13.0. The van der Waals surface area contributed by atoms with E-state index in [-0.39, 0.29) is 17.9 Å². The Morgan fingerprint density at radius 3 is 2.72 bits per heavy atom. The van der Waals surface area contributed by atoms with Crippen LogP contribution >= 0.6 is 23.2 Å². The van der Waals surface area contributed by atoms with Crippen LogP contribution in [0.25, 0.3) is 0 Å². The van der Waals surface area contributed by atoms with Gasteiger partial charge < -0.3 is 15.1 Å². The van der Waals surface area contributed by atoms with Crippen molar-refractivity contribution in [3.05, 3.63) is 63.6 Å². The van der Waals surface area contributed by atoms with Gasteiger partial charge in [0.15, 0.2) is 0 Å². The molecule has 0 spiro atoms. The summed E-state index contributed by atoms with van der Waals surface area (Å²) >= 11 is 12.3. The molecule has 1 aliphatic rings. The summed E-state index contributed by atoms with van der Waals surface area (Å²) in [4.78, 5) is 29.0. The summed E-state index contributed by atoms with van der Waals surface area (Å²) in [6.07, 6.45) is 1.56. The lowest BCUT2D eigenvalue weighted by molar-refractivity contribution is -0.136. The van der Waals surface area contributed by atoms with Gasteiger partial charge in [-0.1, -0.05) is 47.5 Å². The third-order valence-electron chi connectivity index (χ3n) is 5.14. The van der Waals surface area contributed by atoms with Gasteiger partial charge >= 0.3 is 6.03 Å². The highest BCUT2D eigenvalue weighted by molar-refractivity contribution is 6.42. The molecule has 29 heavy (non-hydrogen) atoms. The molecule has 0 bridgehead atoms. The first kappa shape index (κ1) is 21.5. The van der Waals surface area contributed by atoms with E-state index in [2.05, 4.69) is 5.32 Å². The van der Waals surface area contributed by atoms with Crippen molar-refractivity contribution in [2.45, 2.75) is 26.3 Å². The second-order valence-corrected chi connectivity index (χ2v) is 8.28. The number of hydrogen-bond acceptors (Lipinski definition) is 2. The fourth-order valence-electron chi connectivity index (χ4n) is 3.60. The van der Waals surface area contributed by atoms with Crippen LogP contribution in [0.5, 0.6) is 0 Å². The molecule has 5 nitrogen and oxygen atoms in total. The van der Waals surface area contributed by atoms with Crippen LogP contribution in [0.15, 0.2) is 42.5 Å². The molecule has 0 saturated carbocycles. The molecule has 3 rings (SSSR count). The van der Waals surface area contributed by atoms with E-state index in [0.717, 1.165) is 29.7 Å². The number of benzene rings is 2. The first-order valence-corrected chi connectivity index (χ1v) is 10.4. The highest BCUT2D eigenvalue weighted by Crippen LogP contribution is 2.27. The Kier molecular flexibility index (Phi) is 7.04. The van der Waals surface area contributed by atoms with Crippen molar-refractivity contribution in [3.63, 3.8) is 0 Å². The van der Waals surface area contributed by atoms with Crippen LogP contribution < -0.4 is 5.32 Å². The van der Waals surface area contributed by atoms with Crippen molar-refractivity contribution in [2.24, 2.45) is 5.92 Å². The molecule has 1 aliphatic heterocycles. The van der Waals surface area contributed by atoms with Crippen LogP contribution in [-0.2, 0) is 11.3 Å². The van der Waals surface area contributed by atoms with Gasteiger partial charge in [0.05, 0.1) is 16.0 Å². The predicted molar refractivity (Wildman–Crippen MR) is 117 cm³/mol. The molecule has 0 aliphatic carbocycles. The summed E-state index contributed by atoms with van der Waals surface area (Å²) in [5.74, 6) is -0.218. The zero-order valence-corrected chi connectivity index (χ0v) is 18.1. The zero-order valence-electron chi connectivity index (χ0n) is 16.6. The SMILES string of the molecule is Cc1cccc(NC(=O)N2CCCC(C(=O)N(C)Cc3cccc(Cl)c3Cl)C2)c1. The molecule has 0 radical (unpaired) electrons. The largest absolute Gasteiger partial charge is 0.341 e. The van der Waals surface area contributed by atoms with Gasteiger partial charge in [0.2, 0.25) is 5.91 Å². The molecule has 154 valence electrons. The van der Waals surface area contributed by atoms with Crippen LogP contribution in [0.1, 0.15) is 24.0 Å². The van der Waals surface area contributed by atoms with Gasteiger partial charge in [-0.05, 0) is 49.1 Å². The van der Waals surface area contributed by atoms with Gasteiger partial charge in [-0.25, -0.2) is 4.79 Å². The lowest BCUT2D eigenvalue weighted by Crippen LogP contribution is -2.47. The minimum Gasteiger partial charge on any atom is -0.341 e. The number of aryl methyl sites for hydroxylation is 1. The van der Waals surface area contributed by atoms with Gasteiger partial charge in [-0.3, -0.25) is 4.79 Å². The number of nitrogens with zero attached hydrogens (tertiary/aromatic N) is 2. The third kappa shape index (κ3) is 5.43. The van der Waals surface area contributed by atoms with Gasteiger partial charge in [0, 0.05) is 32.4 Å². The molecule has 1 fully saturated rings. The Labute approximate surface area is 181 Å². The smallest absolute Gasteiger partial charge is 0.321 e. The van der Waals surface area contributed by atoms with E-state index in [0.29, 0.717) is 29.7 Å². The van der Waals surface area contributed by atoms with E-state index in [1.807, 2.05) is 43.3 Å². The van der Waals surface area contributed by atoms with Crippen LogP contribution in [0.3, 0.4) is 0 Å². The molecule has 1 heterocycles. The fourth-order valence-corrected chi connectivity index (χ4v) is 3.98. The predicted octanol–water partition coefficient (Wildman–Crippen LogP) is 5.20. The number of amides is 3. The molecule has 1 N–H and O–H groups in total. The minimum absolute atomic E-state index is 0.00842. The molecule has 2 aromatic rings. The number of urea groups is 1. The van der Waals surface area contributed by atoms with Crippen LogP contribution in [-0.4, -0.2) is 41.9 Å². The van der Waals surface area contributed by atoms with E-state index in [4.69, 9.17) is 23.2 Å². The molecule has 1 saturated heterocycles. The lowest BCUT2D eigenvalue weighted by Gasteiger charge is -2.34. The van der Waals surface area contributed by atoms with E-state index in [1.165, 1.54) is 0 Å². The van der Waals surface area contributed by atoms with Crippen molar-refractivity contribution >= 4 is 40.8 Å². The fraction of sp³-hybridized carbons (Fsp3) is 0.364. The number of nitrogens with one attached hydrogen (secondary N) is 1. The Bertz CT molecular complexity index is 903. The summed E-state index contributed by atoms with van der Waals surface area (Å²) < 4.78 is 0. The minimum atomic E-state index is -0.227. The van der Waals surface area contributed by atoms with E-state index >= 15 is 0 Å². The number of piperidine rings is 1. The van der Waals surface area contributed by atoms with Gasteiger partial charge in [-0.15, -0.1) is 0 Å². The second kappa shape index (κ2) is 9.51. The second-order valence-electron chi connectivity index (χ2n) is 7.49. The quantitative estimate of drug-likeness (QED) is 0.719. The number of carbonyl (C=O) groups is 2. The summed E-state index contributed by atoms with van der Waals surface area (Å²) in [6.45, 7) is 3.41. The zero-order chi connectivity index (χ0) is 21.0. The van der Waals surface area contributed by atoms with Crippen LogP contribution in [0, 0.1) is 12.8 Å². The first-order chi connectivity index (χ1) is 13.8. The lowest BCUT2D eigenvalue weighted by atomic mass is 9.96. The molecule has 0 aromatic heterocycles. The molecule has 7 heteroatoms. The van der Waals surface area contributed by atoms with Gasteiger partial charge in [0.25, 0.3) is 0 Å². The number of likely N-dealkylation sites (tertiary alicyclic amines) is 1. The van der Waals surface area contributed by atoms with Gasteiger partial charge in [0.1, 0.15) is 0 Å². The van der Waals surface area contributed by atoms with Crippen molar-refractivity contribution in [1.82, 2.24) is 9.80 Å². The molecule has 2 aromatic carbocycles. The first-order valence-electron chi connectivity index (χ1n) is 9.65. The Balaban J connectivity index is 1.61. The number of rotatable bonds is 4. The van der Waals surface area contributed by atoms with E-state index in [9.17, 15) is 9.59 Å². The van der Waals surface area contributed by atoms with E-state index < -0.39 is 0 Å². The summed E-state index contributed by atoms with van der Waals surface area (Å²) in [7, 11) is 1.76. The highest BCUT2D eigenvalue weighted by Gasteiger charge is 2.30. The Morgan fingerprint density at radius 1 is 1.21 bits per heavy atom. The monoisotopic (exact) mass is 433 g/mol. The van der Waals surface area contributed by atoms with Crippen LogP contribution in [0.4, 0.5) is 10.5 Å². The maximum atomic E-state index is 13.0. The van der Waals surface area contributed by atoms with Crippen molar-refractivity contribution in [3.8, 4) is 0 Å². The van der Waals surface area contributed by atoms with Crippen molar-refractivity contribution in [2.75, 3.05) is 25.5 Å². The summed E-state index contributed by atoms with van der Waals surface area (Å²) in [5.41, 5.74) is 2.65. The average molecular weight is 434 g/mol. The van der Waals surface area contributed by atoms with Crippen molar-refractivity contribution < 1.29 is 9.59 Å². The third-order valence-corrected chi connectivity index (χ3v) is 6.00. The normalized spacial score (nSPS) is 16.4. The maximum Gasteiger partial charge on any atom is 0.321 e. The molecular weight excluding hydrogens is 409 g/mol. The highest BCUT2D eigenvalue weighted by atomic mass is 35.5. The number of anilines is 1. The standard InChI is InChI=1S/C22H25Cl2N3O2/c1-15-6-3-9-18(12-15)25-22(29)27-11-5-8-17(14-27)21(28)26(2)13-16-7-4-10-19(23)20(16)24/h3-4,6-7,9-10,12,17H,5,8,11,13-14H2,1-2H3,(H,25,29). The number of hydrogen-bond donors (Lipinski definition) is 1. The van der Waals surface area contributed by atoms with Crippen LogP contribution in [0.2, 0.25) is 10.0 Å². The summed E-state index contributed by atoms with van der Waals surface area (Å²) in [6, 6.07) is 12.9. The molecule has 1 unspecified atom stereocenters.